The van der Waals surface area contributed by atoms with Gasteiger partial charge < -0.3 is 9.80 Å². The third-order valence-corrected chi connectivity index (χ3v) is 10.3. The zero-order valence-electron chi connectivity index (χ0n) is 31.1. The van der Waals surface area contributed by atoms with Crippen LogP contribution in [0.25, 0.3) is 0 Å². The molecule has 1 aliphatic rings. The molecule has 0 saturated heterocycles. The molecule has 0 aromatic rings. The van der Waals surface area contributed by atoms with E-state index in [9.17, 15) is 0 Å². The highest BCUT2D eigenvalue weighted by Crippen LogP contribution is 2.24. The normalized spacial score (nSPS) is 14.8. The monoisotopic (exact) mass is 617 g/mol. The number of rotatable bonds is 36. The molecule has 0 radical (unpaired) electrons. The van der Waals surface area contributed by atoms with Crippen LogP contribution in [-0.4, -0.2) is 29.1 Å². The van der Waals surface area contributed by atoms with Gasteiger partial charge >= 0.3 is 0 Å². The molecule has 1 unspecified atom stereocenters. The van der Waals surface area contributed by atoms with Gasteiger partial charge in [0.15, 0.2) is 0 Å². The largest absolute Gasteiger partial charge is 0.356 e. The smallest absolute Gasteiger partial charge is 0.101 e. The molecule has 0 amide bonds. The Morgan fingerprint density at radius 3 is 0.818 bits per heavy atom. The molecule has 0 bridgehead atoms. The highest BCUT2D eigenvalue weighted by molar-refractivity contribution is 4.97. The first kappa shape index (κ1) is 41.4. The zero-order chi connectivity index (χ0) is 31.6. The fraction of sp³-hybridized carbons (Fsp3) is 0.952. The van der Waals surface area contributed by atoms with Gasteiger partial charge in [0, 0.05) is 25.5 Å². The van der Waals surface area contributed by atoms with E-state index in [0.29, 0.717) is 6.17 Å². The van der Waals surface area contributed by atoms with Gasteiger partial charge in [-0.15, -0.1) is 0 Å². The van der Waals surface area contributed by atoms with E-state index in [-0.39, 0.29) is 0 Å². The Bertz CT molecular complexity index is 572. The van der Waals surface area contributed by atoms with E-state index >= 15 is 0 Å². The SMILES string of the molecule is CCCCCCCCCCCCCCCCCCCC1N(CCCCCC)C=CN1CCCCCCCCCCCCCC. The van der Waals surface area contributed by atoms with Crippen LogP contribution in [0.3, 0.4) is 0 Å². The summed E-state index contributed by atoms with van der Waals surface area (Å²) in [6, 6.07) is 0. The molecule has 0 N–H and O–H groups in total. The summed E-state index contributed by atoms with van der Waals surface area (Å²) in [6.45, 7) is 9.48. The predicted octanol–water partition coefficient (Wildman–Crippen LogP) is 14.7. The van der Waals surface area contributed by atoms with Gasteiger partial charge in [-0.3, -0.25) is 0 Å². The summed E-state index contributed by atoms with van der Waals surface area (Å²) < 4.78 is 0. The Balaban J connectivity index is 2.08. The van der Waals surface area contributed by atoms with Gasteiger partial charge in [0.2, 0.25) is 0 Å². The van der Waals surface area contributed by atoms with Gasteiger partial charge in [-0.05, 0) is 25.7 Å². The van der Waals surface area contributed by atoms with Crippen molar-refractivity contribution in [1.29, 1.82) is 0 Å². The maximum Gasteiger partial charge on any atom is 0.101 e. The van der Waals surface area contributed by atoms with Crippen molar-refractivity contribution in [1.82, 2.24) is 9.80 Å². The van der Waals surface area contributed by atoms with Crippen LogP contribution < -0.4 is 0 Å². The summed E-state index contributed by atoms with van der Waals surface area (Å²) in [5.41, 5.74) is 0. The van der Waals surface area contributed by atoms with Gasteiger partial charge in [-0.1, -0.05) is 213 Å². The molecule has 44 heavy (non-hydrogen) atoms. The van der Waals surface area contributed by atoms with Gasteiger partial charge in [-0.2, -0.15) is 0 Å². The predicted molar refractivity (Wildman–Crippen MR) is 200 cm³/mol. The number of nitrogens with zero attached hydrogens (tertiary/aromatic N) is 2. The van der Waals surface area contributed by atoms with Gasteiger partial charge in [0.1, 0.15) is 6.17 Å². The molecule has 1 atom stereocenters. The average Bonchev–Trinajstić information content (AvgIpc) is 3.42. The first-order chi connectivity index (χ1) is 21.8. The molecule has 0 spiro atoms. The molecule has 0 aromatic carbocycles. The lowest BCUT2D eigenvalue weighted by Gasteiger charge is -2.33. The van der Waals surface area contributed by atoms with Crippen molar-refractivity contribution in [2.45, 2.75) is 245 Å². The van der Waals surface area contributed by atoms with Crippen LogP contribution in [0.4, 0.5) is 0 Å². The van der Waals surface area contributed by atoms with E-state index in [1.807, 2.05) is 0 Å². The van der Waals surface area contributed by atoms with Gasteiger partial charge in [-0.25, -0.2) is 0 Å². The van der Waals surface area contributed by atoms with Crippen LogP contribution in [-0.2, 0) is 0 Å². The van der Waals surface area contributed by atoms with Crippen LogP contribution in [0.5, 0.6) is 0 Å². The lowest BCUT2D eigenvalue weighted by molar-refractivity contribution is 0.135. The number of unbranched alkanes of at least 4 members (excludes halogenated alkanes) is 30. The van der Waals surface area contributed by atoms with Crippen LogP contribution in [0.2, 0.25) is 0 Å². The summed E-state index contributed by atoms with van der Waals surface area (Å²) in [5.74, 6) is 0. The first-order valence-corrected chi connectivity index (χ1v) is 21.0. The number of hydrogen-bond donors (Lipinski definition) is 0. The quantitative estimate of drug-likeness (QED) is 0.0646. The van der Waals surface area contributed by atoms with E-state index in [2.05, 4.69) is 43.0 Å². The lowest BCUT2D eigenvalue weighted by atomic mass is 10.0. The summed E-state index contributed by atoms with van der Waals surface area (Å²) >= 11 is 0. The molecule has 262 valence electrons. The molecule has 0 aliphatic carbocycles. The van der Waals surface area contributed by atoms with Crippen molar-refractivity contribution < 1.29 is 0 Å². The summed E-state index contributed by atoms with van der Waals surface area (Å²) in [7, 11) is 0. The van der Waals surface area contributed by atoms with Crippen LogP contribution in [0, 0.1) is 0 Å². The van der Waals surface area contributed by atoms with E-state index in [1.54, 1.807) is 0 Å². The Hall–Kier alpha value is -0.660. The summed E-state index contributed by atoms with van der Waals surface area (Å²) in [4.78, 5) is 5.41. The molecule has 0 fully saturated rings. The molecule has 1 aliphatic heterocycles. The van der Waals surface area contributed by atoms with Gasteiger partial charge in [0.05, 0.1) is 0 Å². The van der Waals surface area contributed by atoms with E-state index in [0.717, 1.165) is 0 Å². The van der Waals surface area contributed by atoms with E-state index in [1.165, 1.54) is 231 Å². The minimum absolute atomic E-state index is 0.640. The van der Waals surface area contributed by atoms with Crippen molar-refractivity contribution in [2.24, 2.45) is 0 Å². The van der Waals surface area contributed by atoms with Crippen molar-refractivity contribution >= 4 is 0 Å². The second-order valence-corrected chi connectivity index (χ2v) is 14.6. The van der Waals surface area contributed by atoms with Crippen molar-refractivity contribution in [2.75, 3.05) is 13.1 Å². The molecule has 0 saturated carbocycles. The molecular weight excluding hydrogens is 532 g/mol. The molecule has 1 rings (SSSR count). The Morgan fingerprint density at radius 1 is 0.295 bits per heavy atom. The third-order valence-electron chi connectivity index (χ3n) is 10.3. The van der Waals surface area contributed by atoms with E-state index < -0.39 is 0 Å². The van der Waals surface area contributed by atoms with Crippen LogP contribution in [0.15, 0.2) is 12.4 Å². The van der Waals surface area contributed by atoms with Crippen molar-refractivity contribution in [3.63, 3.8) is 0 Å². The molecule has 2 nitrogen and oxygen atoms in total. The van der Waals surface area contributed by atoms with Crippen LogP contribution >= 0.6 is 0 Å². The summed E-state index contributed by atoms with van der Waals surface area (Å²) in [5, 5.41) is 0. The Morgan fingerprint density at radius 2 is 0.523 bits per heavy atom. The zero-order valence-corrected chi connectivity index (χ0v) is 31.1. The maximum atomic E-state index is 2.71. The van der Waals surface area contributed by atoms with Crippen molar-refractivity contribution in [3.05, 3.63) is 12.4 Å². The average molecular weight is 617 g/mol. The Kier molecular flexibility index (Phi) is 31.7. The highest BCUT2D eigenvalue weighted by atomic mass is 15.4. The second-order valence-electron chi connectivity index (χ2n) is 14.6. The summed E-state index contributed by atoms with van der Waals surface area (Å²) in [6.07, 6.45) is 54.4. The first-order valence-electron chi connectivity index (χ1n) is 21.0. The molecular formula is C42H84N2. The molecule has 1 heterocycles. The minimum atomic E-state index is 0.640. The van der Waals surface area contributed by atoms with Gasteiger partial charge in [0.25, 0.3) is 0 Å². The topological polar surface area (TPSA) is 6.48 Å². The Labute approximate surface area is 280 Å². The highest BCUT2D eigenvalue weighted by Gasteiger charge is 2.24. The van der Waals surface area contributed by atoms with E-state index in [4.69, 9.17) is 0 Å². The fourth-order valence-electron chi connectivity index (χ4n) is 7.25. The lowest BCUT2D eigenvalue weighted by Crippen LogP contribution is -2.39. The second kappa shape index (κ2) is 33.7. The molecule has 0 aromatic heterocycles. The molecule has 2 heteroatoms. The maximum absolute atomic E-state index is 2.71. The minimum Gasteiger partial charge on any atom is -0.356 e. The van der Waals surface area contributed by atoms with Crippen LogP contribution in [0.1, 0.15) is 239 Å². The standard InChI is InChI=1S/C42H84N2/c1-4-7-10-13-15-17-19-21-22-23-24-25-26-28-30-32-34-37-42-43(38-35-12-9-6-3)40-41-44(42)39-36-33-31-29-27-20-18-16-14-11-8-5-2/h40-42H,4-39H2,1-3H3. The number of hydrogen-bond acceptors (Lipinski definition) is 2. The van der Waals surface area contributed by atoms with Crippen molar-refractivity contribution in [3.8, 4) is 0 Å². The third kappa shape index (κ3) is 25.5. The fourth-order valence-corrected chi connectivity index (χ4v) is 7.25.